The second kappa shape index (κ2) is 3.69. The van der Waals surface area contributed by atoms with Gasteiger partial charge in [0.05, 0.1) is 0 Å². The molecule has 0 saturated heterocycles. The highest BCUT2D eigenvalue weighted by molar-refractivity contribution is 4.98. The van der Waals surface area contributed by atoms with E-state index in [1.807, 2.05) is 0 Å². The van der Waals surface area contributed by atoms with E-state index in [-0.39, 0.29) is 5.41 Å². The highest BCUT2D eigenvalue weighted by Crippen LogP contribution is 2.51. The molecular weight excluding hydrogens is 170 g/mol. The van der Waals surface area contributed by atoms with Crippen LogP contribution in [0.3, 0.4) is 0 Å². The second-order valence-electron chi connectivity index (χ2n) is 5.70. The Labute approximate surface area is 87.8 Å². The van der Waals surface area contributed by atoms with Gasteiger partial charge >= 0.3 is 0 Å². The third-order valence-electron chi connectivity index (χ3n) is 4.57. The van der Waals surface area contributed by atoms with Gasteiger partial charge in [0.1, 0.15) is 0 Å². The first-order valence-electron chi connectivity index (χ1n) is 6.00. The molecule has 0 aromatic carbocycles. The Morgan fingerprint density at radius 2 is 2.21 bits per heavy atom. The van der Waals surface area contributed by atoms with E-state index in [9.17, 15) is 0 Å². The highest BCUT2D eigenvalue weighted by atomic mass is 14.6. The molecule has 0 radical (unpaired) electrons. The summed E-state index contributed by atoms with van der Waals surface area (Å²) in [5, 5.41) is 0. The maximum atomic E-state index is 5.82. The Balaban J connectivity index is 1.94. The second-order valence-corrected chi connectivity index (χ2v) is 5.70. The van der Waals surface area contributed by atoms with Crippen LogP contribution in [0.5, 0.6) is 0 Å². The summed E-state index contributed by atoms with van der Waals surface area (Å²) < 4.78 is 0. The van der Waals surface area contributed by atoms with Gasteiger partial charge in [0.25, 0.3) is 0 Å². The van der Waals surface area contributed by atoms with Gasteiger partial charge in [-0.05, 0) is 48.9 Å². The quantitative estimate of drug-likeness (QED) is 0.682. The van der Waals surface area contributed by atoms with Crippen LogP contribution < -0.4 is 5.73 Å². The van der Waals surface area contributed by atoms with Gasteiger partial charge in [-0.25, -0.2) is 0 Å². The Kier molecular flexibility index (Phi) is 2.70. The van der Waals surface area contributed by atoms with Gasteiger partial charge < -0.3 is 5.73 Å². The van der Waals surface area contributed by atoms with Crippen molar-refractivity contribution in [2.45, 2.75) is 39.0 Å². The van der Waals surface area contributed by atoms with Crippen LogP contribution >= 0.6 is 0 Å². The van der Waals surface area contributed by atoms with Gasteiger partial charge in [0.15, 0.2) is 0 Å². The zero-order valence-corrected chi connectivity index (χ0v) is 9.34. The molecule has 2 rings (SSSR count). The zero-order valence-electron chi connectivity index (χ0n) is 9.34. The van der Waals surface area contributed by atoms with Crippen LogP contribution in [0.1, 0.15) is 39.0 Å². The van der Waals surface area contributed by atoms with Gasteiger partial charge in [-0.3, -0.25) is 0 Å². The molecule has 2 bridgehead atoms. The lowest BCUT2D eigenvalue weighted by molar-refractivity contribution is 0.236. The minimum atomic E-state index is 0.190. The monoisotopic (exact) mass is 193 g/mol. The molecule has 2 N–H and O–H groups in total. The molecule has 4 atom stereocenters. The van der Waals surface area contributed by atoms with Crippen molar-refractivity contribution in [3.63, 3.8) is 0 Å². The van der Waals surface area contributed by atoms with E-state index in [1.54, 1.807) is 0 Å². The van der Waals surface area contributed by atoms with Crippen LogP contribution in [0.25, 0.3) is 0 Å². The molecule has 4 unspecified atom stereocenters. The van der Waals surface area contributed by atoms with Crippen molar-refractivity contribution in [1.82, 2.24) is 0 Å². The summed E-state index contributed by atoms with van der Waals surface area (Å²) in [5.41, 5.74) is 6.01. The molecule has 1 heteroatoms. The Morgan fingerprint density at radius 3 is 2.64 bits per heavy atom. The predicted octanol–water partition coefficient (Wildman–Crippen LogP) is 2.96. The molecular formula is C13H23N. The smallest absolute Gasteiger partial charge is 0.00115 e. The summed E-state index contributed by atoms with van der Waals surface area (Å²) in [6.07, 6.45) is 9.28. The van der Waals surface area contributed by atoms with E-state index >= 15 is 0 Å². The maximum Gasteiger partial charge on any atom is 0.00115 e. The summed E-state index contributed by atoms with van der Waals surface area (Å²) >= 11 is 0. The largest absolute Gasteiger partial charge is 0.330 e. The molecule has 0 spiro atoms. The van der Waals surface area contributed by atoms with Gasteiger partial charge in [-0.1, -0.05) is 19.4 Å². The Morgan fingerprint density at radius 1 is 1.43 bits per heavy atom. The van der Waals surface area contributed by atoms with Crippen LogP contribution in [-0.2, 0) is 0 Å². The minimum absolute atomic E-state index is 0.190. The van der Waals surface area contributed by atoms with E-state index in [1.165, 1.54) is 32.1 Å². The fourth-order valence-corrected chi connectivity index (χ4v) is 3.48. The SMILES string of the molecule is C=CC(C)(CN)CC1CC2CCC1C2. The summed E-state index contributed by atoms with van der Waals surface area (Å²) in [6, 6.07) is 0. The fraction of sp³-hybridized carbons (Fsp3) is 0.846. The molecule has 2 aliphatic rings. The third kappa shape index (κ3) is 1.75. The summed E-state index contributed by atoms with van der Waals surface area (Å²) in [6.45, 7) is 6.94. The normalized spacial score (nSPS) is 39.7. The van der Waals surface area contributed by atoms with E-state index in [2.05, 4.69) is 19.6 Å². The molecule has 80 valence electrons. The molecule has 2 fully saturated rings. The third-order valence-corrected chi connectivity index (χ3v) is 4.57. The average molecular weight is 193 g/mol. The van der Waals surface area contributed by atoms with Crippen molar-refractivity contribution in [3.8, 4) is 0 Å². The number of hydrogen-bond donors (Lipinski definition) is 1. The van der Waals surface area contributed by atoms with Crippen LogP contribution in [-0.4, -0.2) is 6.54 Å². The highest BCUT2D eigenvalue weighted by Gasteiger charge is 2.41. The van der Waals surface area contributed by atoms with Gasteiger partial charge in [-0.2, -0.15) is 0 Å². The van der Waals surface area contributed by atoms with E-state index in [0.29, 0.717) is 0 Å². The number of hydrogen-bond acceptors (Lipinski definition) is 1. The molecule has 2 saturated carbocycles. The number of nitrogens with two attached hydrogens (primary N) is 1. The van der Waals surface area contributed by atoms with Gasteiger partial charge in [0.2, 0.25) is 0 Å². The van der Waals surface area contributed by atoms with E-state index in [0.717, 1.165) is 24.3 Å². The lowest BCUT2D eigenvalue weighted by Crippen LogP contribution is -2.29. The van der Waals surface area contributed by atoms with Crippen molar-refractivity contribution in [2.24, 2.45) is 28.9 Å². The van der Waals surface area contributed by atoms with Crippen molar-refractivity contribution in [2.75, 3.05) is 6.54 Å². The zero-order chi connectivity index (χ0) is 10.2. The van der Waals surface area contributed by atoms with E-state index in [4.69, 9.17) is 5.73 Å². The molecule has 0 amide bonds. The van der Waals surface area contributed by atoms with Crippen LogP contribution in [0, 0.1) is 23.2 Å². The number of rotatable bonds is 4. The van der Waals surface area contributed by atoms with E-state index < -0.39 is 0 Å². The predicted molar refractivity (Wildman–Crippen MR) is 60.9 cm³/mol. The van der Waals surface area contributed by atoms with Crippen molar-refractivity contribution in [1.29, 1.82) is 0 Å². The molecule has 0 aromatic rings. The van der Waals surface area contributed by atoms with Crippen LogP contribution in [0.15, 0.2) is 12.7 Å². The van der Waals surface area contributed by atoms with Crippen LogP contribution in [0.4, 0.5) is 0 Å². The van der Waals surface area contributed by atoms with Gasteiger partial charge in [-0.15, -0.1) is 6.58 Å². The Hall–Kier alpha value is -0.300. The fourth-order valence-electron chi connectivity index (χ4n) is 3.48. The van der Waals surface area contributed by atoms with Crippen LogP contribution in [0.2, 0.25) is 0 Å². The first kappa shape index (κ1) is 10.2. The molecule has 14 heavy (non-hydrogen) atoms. The van der Waals surface area contributed by atoms with Crippen molar-refractivity contribution in [3.05, 3.63) is 12.7 Å². The minimum Gasteiger partial charge on any atom is -0.330 e. The first-order chi connectivity index (χ1) is 6.67. The average Bonchev–Trinajstić information content (AvgIpc) is 2.79. The lowest BCUT2D eigenvalue weighted by atomic mass is 9.75. The molecule has 0 aromatic heterocycles. The molecule has 0 heterocycles. The van der Waals surface area contributed by atoms with Crippen molar-refractivity contribution < 1.29 is 0 Å². The number of fused-ring (bicyclic) bond motifs is 2. The molecule has 1 nitrogen and oxygen atoms in total. The lowest BCUT2D eigenvalue weighted by Gasteiger charge is -2.31. The Bertz CT molecular complexity index is 223. The van der Waals surface area contributed by atoms with Crippen molar-refractivity contribution >= 4 is 0 Å². The molecule has 2 aliphatic carbocycles. The van der Waals surface area contributed by atoms with Gasteiger partial charge in [0, 0.05) is 6.54 Å². The summed E-state index contributed by atoms with van der Waals surface area (Å²) in [5.74, 6) is 3.02. The summed E-state index contributed by atoms with van der Waals surface area (Å²) in [4.78, 5) is 0. The summed E-state index contributed by atoms with van der Waals surface area (Å²) in [7, 11) is 0. The standard InChI is InChI=1S/C13H23N/c1-3-13(2,9-14)8-12-7-10-4-5-11(12)6-10/h3,10-12H,1,4-9,14H2,2H3. The topological polar surface area (TPSA) is 26.0 Å². The first-order valence-corrected chi connectivity index (χ1v) is 6.00. The molecule has 0 aliphatic heterocycles. The maximum absolute atomic E-state index is 5.82.